The zero-order valence-electron chi connectivity index (χ0n) is 16.6. The monoisotopic (exact) mass is 388 g/mol. The molecule has 0 aliphatic heterocycles. The van der Waals surface area contributed by atoms with Crippen LogP contribution in [0.2, 0.25) is 0 Å². The van der Waals surface area contributed by atoms with Crippen LogP contribution >= 0.6 is 0 Å². The van der Waals surface area contributed by atoms with Gasteiger partial charge in [0.1, 0.15) is 5.75 Å². The van der Waals surface area contributed by atoms with Crippen LogP contribution < -0.4 is 15.0 Å². The minimum Gasteiger partial charge on any atom is -0.497 e. The number of hydrogen-bond donors (Lipinski definition) is 1. The average Bonchev–Trinajstić information content (AvgIpc) is 2.79. The van der Waals surface area contributed by atoms with Crippen molar-refractivity contribution in [2.45, 2.75) is 6.42 Å². The van der Waals surface area contributed by atoms with Crippen molar-refractivity contribution in [3.8, 4) is 5.75 Å². The predicted octanol–water partition coefficient (Wildman–Crippen LogP) is 3.94. The number of hydrogen-bond acceptors (Lipinski definition) is 3. The minimum absolute atomic E-state index is 0.124. The van der Waals surface area contributed by atoms with Crippen molar-refractivity contribution in [3.05, 3.63) is 95.6 Å². The molecule has 0 heterocycles. The lowest BCUT2D eigenvalue weighted by molar-refractivity contribution is 0.0951. The number of amides is 2. The number of carbonyl (C=O) groups excluding carboxylic acids is 2. The smallest absolute Gasteiger partial charge is 0.258 e. The largest absolute Gasteiger partial charge is 0.497 e. The molecule has 2 amide bonds. The number of methoxy groups -OCH3 is 1. The maximum atomic E-state index is 12.6. The molecule has 3 rings (SSSR count). The summed E-state index contributed by atoms with van der Waals surface area (Å²) in [6.07, 6.45) is 0.710. The van der Waals surface area contributed by atoms with Crippen molar-refractivity contribution in [3.63, 3.8) is 0 Å². The van der Waals surface area contributed by atoms with Crippen molar-refractivity contribution in [1.82, 2.24) is 5.32 Å². The second kappa shape index (κ2) is 9.55. The van der Waals surface area contributed by atoms with E-state index in [0.29, 0.717) is 24.1 Å². The number of rotatable bonds is 7. The Morgan fingerprint density at radius 1 is 0.897 bits per heavy atom. The fourth-order valence-electron chi connectivity index (χ4n) is 2.98. The summed E-state index contributed by atoms with van der Waals surface area (Å²) in [5, 5.41) is 2.91. The van der Waals surface area contributed by atoms with Gasteiger partial charge in [-0.2, -0.15) is 0 Å². The summed E-state index contributed by atoms with van der Waals surface area (Å²) in [5.41, 5.74) is 2.96. The van der Waals surface area contributed by atoms with E-state index in [9.17, 15) is 9.59 Å². The molecule has 3 aromatic rings. The van der Waals surface area contributed by atoms with Crippen molar-refractivity contribution in [1.29, 1.82) is 0 Å². The highest BCUT2D eigenvalue weighted by atomic mass is 16.5. The fraction of sp³-hybridized carbons (Fsp3) is 0.167. The molecule has 5 nitrogen and oxygen atoms in total. The normalized spacial score (nSPS) is 10.3. The third kappa shape index (κ3) is 5.23. The van der Waals surface area contributed by atoms with Gasteiger partial charge in [0.05, 0.1) is 7.11 Å². The van der Waals surface area contributed by atoms with Crippen LogP contribution in [0.25, 0.3) is 0 Å². The molecule has 0 saturated carbocycles. The fourth-order valence-corrected chi connectivity index (χ4v) is 2.98. The molecule has 0 radical (unpaired) electrons. The van der Waals surface area contributed by atoms with Gasteiger partial charge in [-0.15, -0.1) is 0 Å². The molecule has 0 saturated heterocycles. The van der Waals surface area contributed by atoms with E-state index in [1.165, 1.54) is 0 Å². The van der Waals surface area contributed by atoms with Crippen LogP contribution in [0.3, 0.4) is 0 Å². The number of para-hydroxylation sites is 1. The Hall–Kier alpha value is -3.60. The Labute approximate surface area is 170 Å². The first-order valence-electron chi connectivity index (χ1n) is 9.43. The molecule has 5 heteroatoms. The van der Waals surface area contributed by atoms with Gasteiger partial charge in [-0.25, -0.2) is 0 Å². The van der Waals surface area contributed by atoms with Gasteiger partial charge in [-0.3, -0.25) is 9.59 Å². The lowest BCUT2D eigenvalue weighted by atomic mass is 10.1. The molecule has 0 fully saturated rings. The Morgan fingerprint density at radius 2 is 1.59 bits per heavy atom. The molecule has 0 aliphatic rings. The first-order chi connectivity index (χ1) is 14.1. The summed E-state index contributed by atoms with van der Waals surface area (Å²) < 4.78 is 5.21. The molecule has 0 atom stereocenters. The summed E-state index contributed by atoms with van der Waals surface area (Å²) in [4.78, 5) is 26.6. The first kappa shape index (κ1) is 20.1. The van der Waals surface area contributed by atoms with Crippen LogP contribution in [-0.4, -0.2) is 32.5 Å². The molecule has 0 aliphatic carbocycles. The standard InChI is InChI=1S/C24H24N2O3/c1-26(21-8-4-3-5-9-21)24(28)20-13-11-19(12-14-20)23(27)25-16-15-18-7-6-10-22(17-18)29-2/h3-14,17H,15-16H2,1-2H3,(H,25,27). The van der Waals surface area contributed by atoms with Crippen LogP contribution in [-0.2, 0) is 6.42 Å². The van der Waals surface area contributed by atoms with Crippen LogP contribution in [0.4, 0.5) is 5.69 Å². The third-order valence-corrected chi connectivity index (χ3v) is 4.68. The van der Waals surface area contributed by atoms with Gasteiger partial charge in [-0.1, -0.05) is 30.3 Å². The minimum atomic E-state index is -0.164. The number of benzene rings is 3. The molecular formula is C24H24N2O3. The maximum Gasteiger partial charge on any atom is 0.258 e. The second-order valence-corrected chi connectivity index (χ2v) is 6.63. The lowest BCUT2D eigenvalue weighted by Crippen LogP contribution is -2.27. The first-order valence-corrected chi connectivity index (χ1v) is 9.43. The molecular weight excluding hydrogens is 364 g/mol. The summed E-state index contributed by atoms with van der Waals surface area (Å²) in [6, 6.07) is 23.9. The van der Waals surface area contributed by atoms with Crippen LogP contribution in [0.15, 0.2) is 78.9 Å². The van der Waals surface area contributed by atoms with Gasteiger partial charge in [-0.05, 0) is 60.5 Å². The Balaban J connectivity index is 1.56. The van der Waals surface area contributed by atoms with E-state index in [2.05, 4.69) is 5.32 Å². The van der Waals surface area contributed by atoms with E-state index < -0.39 is 0 Å². The van der Waals surface area contributed by atoms with Crippen LogP contribution in [0.1, 0.15) is 26.3 Å². The molecule has 0 bridgehead atoms. The molecule has 0 spiro atoms. The summed E-state index contributed by atoms with van der Waals surface area (Å²) in [7, 11) is 3.36. The summed E-state index contributed by atoms with van der Waals surface area (Å²) in [5.74, 6) is 0.513. The highest BCUT2D eigenvalue weighted by Gasteiger charge is 2.14. The summed E-state index contributed by atoms with van der Waals surface area (Å²) in [6.45, 7) is 0.517. The maximum absolute atomic E-state index is 12.6. The van der Waals surface area contributed by atoms with E-state index >= 15 is 0 Å². The molecule has 3 aromatic carbocycles. The SMILES string of the molecule is COc1cccc(CCNC(=O)c2ccc(C(=O)N(C)c3ccccc3)cc2)c1. The number of nitrogens with one attached hydrogen (secondary N) is 1. The Bertz CT molecular complexity index is 969. The molecule has 148 valence electrons. The predicted molar refractivity (Wildman–Crippen MR) is 115 cm³/mol. The quantitative estimate of drug-likeness (QED) is 0.667. The van der Waals surface area contributed by atoms with Crippen LogP contribution in [0, 0.1) is 0 Å². The number of nitrogens with zero attached hydrogens (tertiary/aromatic N) is 1. The summed E-state index contributed by atoms with van der Waals surface area (Å²) >= 11 is 0. The number of anilines is 1. The third-order valence-electron chi connectivity index (χ3n) is 4.68. The highest BCUT2D eigenvalue weighted by molar-refractivity contribution is 6.06. The lowest BCUT2D eigenvalue weighted by Gasteiger charge is -2.17. The number of ether oxygens (including phenoxy) is 1. The van der Waals surface area contributed by atoms with E-state index in [-0.39, 0.29) is 11.8 Å². The van der Waals surface area contributed by atoms with Gasteiger partial charge < -0.3 is 15.0 Å². The average molecular weight is 388 g/mol. The van der Waals surface area contributed by atoms with Gasteiger partial charge in [0.2, 0.25) is 0 Å². The zero-order chi connectivity index (χ0) is 20.6. The van der Waals surface area contributed by atoms with Crippen LogP contribution in [0.5, 0.6) is 5.75 Å². The highest BCUT2D eigenvalue weighted by Crippen LogP contribution is 2.16. The Morgan fingerprint density at radius 3 is 2.28 bits per heavy atom. The van der Waals surface area contributed by atoms with Gasteiger partial charge in [0, 0.05) is 30.4 Å². The topological polar surface area (TPSA) is 58.6 Å². The van der Waals surface area contributed by atoms with E-state index in [4.69, 9.17) is 4.74 Å². The van der Waals surface area contributed by atoms with E-state index in [1.807, 2.05) is 54.6 Å². The molecule has 1 N–H and O–H groups in total. The number of carbonyl (C=O) groups is 2. The van der Waals surface area contributed by atoms with Crippen molar-refractivity contribution >= 4 is 17.5 Å². The van der Waals surface area contributed by atoms with Crippen molar-refractivity contribution in [2.75, 3.05) is 25.6 Å². The van der Waals surface area contributed by atoms with Crippen molar-refractivity contribution < 1.29 is 14.3 Å². The Kier molecular flexibility index (Phi) is 6.63. The van der Waals surface area contributed by atoms with Gasteiger partial charge in [0.25, 0.3) is 11.8 Å². The zero-order valence-corrected chi connectivity index (χ0v) is 16.6. The second-order valence-electron chi connectivity index (χ2n) is 6.63. The van der Waals surface area contributed by atoms with E-state index in [1.54, 1.807) is 43.3 Å². The molecule has 0 aromatic heterocycles. The van der Waals surface area contributed by atoms with Gasteiger partial charge >= 0.3 is 0 Å². The molecule has 0 unspecified atom stereocenters. The molecule has 29 heavy (non-hydrogen) atoms. The van der Waals surface area contributed by atoms with Crippen molar-refractivity contribution in [2.24, 2.45) is 0 Å². The van der Waals surface area contributed by atoms with Gasteiger partial charge in [0.15, 0.2) is 0 Å². The van der Waals surface area contributed by atoms with E-state index in [0.717, 1.165) is 17.0 Å².